The van der Waals surface area contributed by atoms with Gasteiger partial charge in [0.1, 0.15) is 6.67 Å². The largest absolute Gasteiger partial charge is 0.341 e. The molecule has 0 fully saturated rings. The summed E-state index contributed by atoms with van der Waals surface area (Å²) in [6.45, 7) is 4.35. The molecule has 0 atom stereocenters. The average Bonchev–Trinajstić information content (AvgIpc) is 1.98. The second kappa shape index (κ2) is 4.96. The molecule has 0 heterocycles. The van der Waals surface area contributed by atoms with E-state index in [9.17, 15) is 4.79 Å². The molecule has 0 bridgehead atoms. The Kier molecular flexibility index (Phi) is 4.61. The third-order valence-electron chi connectivity index (χ3n) is 1.19. The van der Waals surface area contributed by atoms with Gasteiger partial charge in [-0.2, -0.15) is 0 Å². The summed E-state index contributed by atoms with van der Waals surface area (Å²) in [5, 5.41) is 2.55. The van der Waals surface area contributed by atoms with E-state index in [1.165, 1.54) is 0 Å². The summed E-state index contributed by atoms with van der Waals surface area (Å²) >= 11 is 0. The van der Waals surface area contributed by atoms with Crippen molar-refractivity contribution in [1.82, 2.24) is 15.1 Å². The Morgan fingerprint density at radius 3 is 2.36 bits per heavy atom. The van der Waals surface area contributed by atoms with E-state index in [1.807, 2.05) is 25.9 Å². The van der Waals surface area contributed by atoms with E-state index in [0.717, 1.165) is 0 Å². The molecular weight excluding hydrogens is 142 g/mol. The summed E-state index contributed by atoms with van der Waals surface area (Å²) in [5.41, 5.74) is 0. The van der Waals surface area contributed by atoms with E-state index < -0.39 is 0 Å². The normalized spacial score (nSPS) is 9.91. The van der Waals surface area contributed by atoms with Crippen molar-refractivity contribution < 1.29 is 4.79 Å². The molecule has 2 amide bonds. The minimum absolute atomic E-state index is 0.0822. The van der Waals surface area contributed by atoms with Crippen molar-refractivity contribution in [3.63, 3.8) is 0 Å². The molecule has 0 aliphatic heterocycles. The highest BCUT2D eigenvalue weighted by molar-refractivity contribution is 5.74. The number of nitrogens with zero attached hydrogens (tertiary/aromatic N) is 2. The Labute approximate surface area is 68.2 Å². The number of urea groups is 1. The average molecular weight is 158 g/mol. The smallest absolute Gasteiger partial charge is 0.318 e. The summed E-state index contributed by atoms with van der Waals surface area (Å²) in [6.07, 6.45) is 0. The predicted molar refractivity (Wildman–Crippen MR) is 44.8 cm³/mol. The summed E-state index contributed by atoms with van der Waals surface area (Å²) in [7, 11) is 5.38. The minimum atomic E-state index is -0.0822. The van der Waals surface area contributed by atoms with Crippen LogP contribution >= 0.6 is 0 Å². The van der Waals surface area contributed by atoms with Crippen LogP contribution < -0.4 is 5.32 Å². The number of hydrogen-bond acceptors (Lipinski definition) is 2. The molecule has 11 heavy (non-hydrogen) atoms. The van der Waals surface area contributed by atoms with Gasteiger partial charge in [0.05, 0.1) is 0 Å². The standard InChI is InChI=1S/C7H16N3O/c1-5-10(6-9(3)4)7(11)8-2/h6H,5H2,1-4H3,(H,8,11). The molecule has 0 unspecified atom stereocenters. The van der Waals surface area contributed by atoms with E-state index in [-0.39, 0.29) is 6.03 Å². The van der Waals surface area contributed by atoms with Crippen molar-refractivity contribution in [3.8, 4) is 0 Å². The molecular formula is C7H16N3O. The van der Waals surface area contributed by atoms with Crippen LogP contribution in [-0.2, 0) is 0 Å². The van der Waals surface area contributed by atoms with E-state index >= 15 is 0 Å². The summed E-state index contributed by atoms with van der Waals surface area (Å²) in [4.78, 5) is 14.5. The van der Waals surface area contributed by atoms with Gasteiger partial charge in [0.2, 0.25) is 0 Å². The van der Waals surface area contributed by atoms with Crippen LogP contribution in [0.4, 0.5) is 4.79 Å². The van der Waals surface area contributed by atoms with Gasteiger partial charge in [-0.1, -0.05) is 0 Å². The van der Waals surface area contributed by atoms with E-state index in [1.54, 1.807) is 18.6 Å². The lowest BCUT2D eigenvalue weighted by Crippen LogP contribution is -2.39. The van der Waals surface area contributed by atoms with Crippen LogP contribution in [0.15, 0.2) is 0 Å². The van der Waals surface area contributed by atoms with Crippen LogP contribution in [0.1, 0.15) is 6.92 Å². The van der Waals surface area contributed by atoms with Crippen molar-refractivity contribution in [2.24, 2.45) is 0 Å². The molecule has 4 heteroatoms. The second-order valence-corrected chi connectivity index (χ2v) is 2.42. The van der Waals surface area contributed by atoms with E-state index in [4.69, 9.17) is 0 Å². The van der Waals surface area contributed by atoms with Gasteiger partial charge >= 0.3 is 6.03 Å². The highest BCUT2D eigenvalue weighted by atomic mass is 16.2. The van der Waals surface area contributed by atoms with E-state index in [0.29, 0.717) is 6.54 Å². The lowest BCUT2D eigenvalue weighted by molar-refractivity contribution is 0.198. The fourth-order valence-corrected chi connectivity index (χ4v) is 0.700. The molecule has 4 nitrogen and oxygen atoms in total. The first-order chi connectivity index (χ1) is 5.11. The number of rotatable bonds is 3. The van der Waals surface area contributed by atoms with Gasteiger partial charge in [-0.05, 0) is 21.0 Å². The van der Waals surface area contributed by atoms with Crippen LogP contribution in [-0.4, -0.2) is 43.5 Å². The first-order valence-corrected chi connectivity index (χ1v) is 3.61. The predicted octanol–water partition coefficient (Wildman–Crippen LogP) is 0.329. The minimum Gasteiger partial charge on any atom is -0.341 e. The molecule has 1 radical (unpaired) electrons. The van der Waals surface area contributed by atoms with Crippen molar-refractivity contribution >= 4 is 6.03 Å². The third kappa shape index (κ3) is 3.83. The van der Waals surface area contributed by atoms with Gasteiger partial charge in [0, 0.05) is 13.6 Å². The van der Waals surface area contributed by atoms with Crippen molar-refractivity contribution in [2.75, 3.05) is 27.7 Å². The van der Waals surface area contributed by atoms with Gasteiger partial charge in [-0.15, -0.1) is 0 Å². The Balaban J connectivity index is 3.84. The van der Waals surface area contributed by atoms with Gasteiger partial charge < -0.3 is 10.2 Å². The molecule has 0 saturated heterocycles. The lowest BCUT2D eigenvalue weighted by Gasteiger charge is -2.22. The SMILES string of the molecule is CCN([CH]N(C)C)C(=O)NC. The maximum Gasteiger partial charge on any atom is 0.318 e. The Bertz CT molecular complexity index is 125. The van der Waals surface area contributed by atoms with Crippen molar-refractivity contribution in [1.29, 1.82) is 0 Å². The monoisotopic (exact) mass is 158 g/mol. The van der Waals surface area contributed by atoms with Gasteiger partial charge in [0.25, 0.3) is 0 Å². The van der Waals surface area contributed by atoms with Crippen molar-refractivity contribution in [3.05, 3.63) is 6.67 Å². The molecule has 0 aliphatic rings. The zero-order valence-corrected chi connectivity index (χ0v) is 7.59. The zero-order valence-electron chi connectivity index (χ0n) is 7.59. The fraction of sp³-hybridized carbons (Fsp3) is 0.714. The molecule has 1 N–H and O–H groups in total. The van der Waals surface area contributed by atoms with Crippen LogP contribution in [0.2, 0.25) is 0 Å². The maximum absolute atomic E-state index is 11.0. The highest BCUT2D eigenvalue weighted by Gasteiger charge is 2.09. The summed E-state index contributed by atoms with van der Waals surface area (Å²) in [6, 6.07) is -0.0822. The second-order valence-electron chi connectivity index (χ2n) is 2.42. The zero-order chi connectivity index (χ0) is 8.85. The van der Waals surface area contributed by atoms with E-state index in [2.05, 4.69) is 5.32 Å². The topological polar surface area (TPSA) is 35.6 Å². The maximum atomic E-state index is 11.0. The van der Waals surface area contributed by atoms with Gasteiger partial charge in [-0.3, -0.25) is 4.90 Å². The first-order valence-electron chi connectivity index (χ1n) is 3.61. The highest BCUT2D eigenvalue weighted by Crippen LogP contribution is 1.94. The quantitative estimate of drug-likeness (QED) is 0.642. The Hall–Kier alpha value is -0.770. The Morgan fingerprint density at radius 1 is 1.55 bits per heavy atom. The van der Waals surface area contributed by atoms with Crippen LogP contribution in [0.3, 0.4) is 0 Å². The lowest BCUT2D eigenvalue weighted by atomic mass is 10.6. The van der Waals surface area contributed by atoms with Gasteiger partial charge in [0.15, 0.2) is 0 Å². The molecule has 0 spiro atoms. The molecule has 0 aromatic heterocycles. The fourth-order valence-electron chi connectivity index (χ4n) is 0.700. The summed E-state index contributed by atoms with van der Waals surface area (Å²) < 4.78 is 0. The van der Waals surface area contributed by atoms with Crippen LogP contribution in [0.25, 0.3) is 0 Å². The number of amides is 2. The summed E-state index contributed by atoms with van der Waals surface area (Å²) in [5.74, 6) is 0. The van der Waals surface area contributed by atoms with Crippen LogP contribution in [0.5, 0.6) is 0 Å². The molecule has 0 aliphatic carbocycles. The number of hydrogen-bond donors (Lipinski definition) is 1. The number of nitrogens with one attached hydrogen (secondary N) is 1. The molecule has 0 aromatic carbocycles. The molecule has 0 rings (SSSR count). The molecule has 0 saturated carbocycles. The molecule has 65 valence electrons. The first kappa shape index (κ1) is 10.2. The third-order valence-corrected chi connectivity index (χ3v) is 1.19. The number of carbonyl (C=O) groups is 1. The number of carbonyl (C=O) groups excluding carboxylic acids is 1. The van der Waals surface area contributed by atoms with Gasteiger partial charge in [-0.25, -0.2) is 4.79 Å². The molecule has 0 aromatic rings. The van der Waals surface area contributed by atoms with Crippen molar-refractivity contribution in [2.45, 2.75) is 6.92 Å². The Morgan fingerprint density at radius 2 is 2.09 bits per heavy atom. The van der Waals surface area contributed by atoms with Crippen LogP contribution in [0, 0.1) is 6.67 Å².